The third kappa shape index (κ3) is 6.23. The Morgan fingerprint density at radius 3 is 2.71 bits per heavy atom. The van der Waals surface area contributed by atoms with Gasteiger partial charge in [-0.25, -0.2) is 4.99 Å². The molecule has 1 heterocycles. The molecule has 3 N–H and O–H groups in total. The van der Waals surface area contributed by atoms with Crippen molar-refractivity contribution in [3.63, 3.8) is 0 Å². The van der Waals surface area contributed by atoms with Crippen molar-refractivity contribution in [3.05, 3.63) is 59.5 Å². The van der Waals surface area contributed by atoms with Crippen LogP contribution in [0.5, 0.6) is 0 Å². The van der Waals surface area contributed by atoms with E-state index in [1.54, 1.807) is 19.4 Å². The zero-order chi connectivity index (χ0) is 16.5. The number of hydrogen-bond donors (Lipinski definition) is 3. The molecule has 2 rings (SSSR count). The van der Waals surface area contributed by atoms with Gasteiger partial charge in [0.25, 0.3) is 5.91 Å². The van der Waals surface area contributed by atoms with Crippen molar-refractivity contribution in [2.45, 2.75) is 20.0 Å². The highest BCUT2D eigenvalue weighted by molar-refractivity contribution is 14.0. The lowest BCUT2D eigenvalue weighted by atomic mass is 10.1. The molecule has 130 valence electrons. The fraction of sp³-hybridized carbons (Fsp3) is 0.294. The molecule has 0 bridgehead atoms. The molecule has 0 saturated carbocycles. The van der Waals surface area contributed by atoms with Gasteiger partial charge in [0, 0.05) is 19.2 Å². The van der Waals surface area contributed by atoms with Crippen LogP contribution >= 0.6 is 24.0 Å². The minimum Gasteiger partial charge on any atom is -0.467 e. The number of aliphatic imine (C=N–C) groups is 1. The van der Waals surface area contributed by atoms with Crippen molar-refractivity contribution >= 4 is 35.8 Å². The van der Waals surface area contributed by atoms with Gasteiger partial charge in [-0.2, -0.15) is 0 Å². The smallest absolute Gasteiger partial charge is 0.251 e. The number of nitrogens with one attached hydrogen (secondary N) is 3. The van der Waals surface area contributed by atoms with Crippen molar-refractivity contribution in [1.29, 1.82) is 0 Å². The monoisotopic (exact) mass is 442 g/mol. The van der Waals surface area contributed by atoms with E-state index >= 15 is 0 Å². The normalized spacial score (nSPS) is 10.7. The molecular weight excluding hydrogens is 419 g/mol. The van der Waals surface area contributed by atoms with Gasteiger partial charge >= 0.3 is 0 Å². The van der Waals surface area contributed by atoms with Gasteiger partial charge in [0.2, 0.25) is 0 Å². The Morgan fingerprint density at radius 2 is 2.04 bits per heavy atom. The fourth-order valence-corrected chi connectivity index (χ4v) is 2.05. The maximum atomic E-state index is 11.7. The molecule has 0 saturated heterocycles. The summed E-state index contributed by atoms with van der Waals surface area (Å²) in [5.74, 6) is 1.45. The highest BCUT2D eigenvalue weighted by Gasteiger charge is 2.04. The molecule has 0 aliphatic heterocycles. The molecule has 7 heteroatoms. The Labute approximate surface area is 159 Å². The zero-order valence-electron chi connectivity index (χ0n) is 13.8. The number of nitrogens with zero attached hydrogens (tertiary/aromatic N) is 1. The summed E-state index contributed by atoms with van der Waals surface area (Å²) in [4.78, 5) is 16.2. The van der Waals surface area contributed by atoms with Crippen molar-refractivity contribution in [2.24, 2.45) is 4.99 Å². The lowest BCUT2D eigenvalue weighted by Gasteiger charge is -2.10. The van der Waals surface area contributed by atoms with Crippen molar-refractivity contribution in [1.82, 2.24) is 16.0 Å². The van der Waals surface area contributed by atoms with Crippen LogP contribution < -0.4 is 16.0 Å². The molecule has 1 aromatic carbocycles. The second-order valence-electron chi connectivity index (χ2n) is 4.91. The van der Waals surface area contributed by atoms with Crippen LogP contribution in [0.4, 0.5) is 0 Å². The fourth-order valence-electron chi connectivity index (χ4n) is 2.05. The number of carbonyl (C=O) groups is 1. The van der Waals surface area contributed by atoms with Crippen LogP contribution in [0.15, 0.2) is 52.1 Å². The van der Waals surface area contributed by atoms with Crippen LogP contribution in [0.3, 0.4) is 0 Å². The van der Waals surface area contributed by atoms with Crippen molar-refractivity contribution in [3.8, 4) is 0 Å². The predicted molar refractivity (Wildman–Crippen MR) is 106 cm³/mol. The highest BCUT2D eigenvalue weighted by atomic mass is 127. The average Bonchev–Trinajstić information content (AvgIpc) is 3.10. The van der Waals surface area contributed by atoms with Gasteiger partial charge in [0.05, 0.1) is 19.4 Å². The molecule has 1 amide bonds. The predicted octanol–water partition coefficient (Wildman–Crippen LogP) is 2.51. The molecule has 6 nitrogen and oxygen atoms in total. The first-order valence-corrected chi connectivity index (χ1v) is 7.58. The van der Waals surface area contributed by atoms with Gasteiger partial charge in [-0.1, -0.05) is 12.1 Å². The highest BCUT2D eigenvalue weighted by Crippen LogP contribution is 2.06. The third-order valence-electron chi connectivity index (χ3n) is 3.19. The molecule has 24 heavy (non-hydrogen) atoms. The van der Waals surface area contributed by atoms with Gasteiger partial charge in [0.1, 0.15) is 5.76 Å². The number of carbonyl (C=O) groups excluding carboxylic acids is 1. The summed E-state index contributed by atoms with van der Waals surface area (Å²) in [6.07, 6.45) is 1.64. The van der Waals surface area contributed by atoms with E-state index in [2.05, 4.69) is 20.9 Å². The van der Waals surface area contributed by atoms with Gasteiger partial charge in [-0.3, -0.25) is 4.79 Å². The number of amides is 1. The van der Waals surface area contributed by atoms with Crippen LogP contribution in [-0.4, -0.2) is 25.5 Å². The van der Waals surface area contributed by atoms with Crippen LogP contribution in [-0.2, 0) is 13.1 Å². The van der Waals surface area contributed by atoms with Crippen LogP contribution in [0, 0.1) is 0 Å². The number of furan rings is 1. The topological polar surface area (TPSA) is 78.7 Å². The number of guanidine groups is 1. The summed E-state index contributed by atoms with van der Waals surface area (Å²) in [5, 5.41) is 9.01. The lowest BCUT2D eigenvalue weighted by molar-refractivity contribution is 0.0963. The number of rotatable bonds is 6. The minimum atomic E-state index is -0.0984. The van der Waals surface area contributed by atoms with Crippen LogP contribution in [0.2, 0.25) is 0 Å². The minimum absolute atomic E-state index is 0. The van der Waals surface area contributed by atoms with Gasteiger partial charge in [0.15, 0.2) is 5.96 Å². The number of hydrogen-bond acceptors (Lipinski definition) is 3. The Morgan fingerprint density at radius 1 is 1.21 bits per heavy atom. The molecule has 1 aromatic heterocycles. The molecule has 0 atom stereocenters. The van der Waals surface area contributed by atoms with E-state index in [-0.39, 0.29) is 29.9 Å². The van der Waals surface area contributed by atoms with Crippen molar-refractivity contribution < 1.29 is 9.21 Å². The maximum absolute atomic E-state index is 11.7. The summed E-state index contributed by atoms with van der Waals surface area (Å²) in [7, 11) is 1.62. The molecule has 0 spiro atoms. The molecule has 0 fully saturated rings. The third-order valence-corrected chi connectivity index (χ3v) is 3.19. The quantitative estimate of drug-likeness (QED) is 0.365. The van der Waals surface area contributed by atoms with Crippen LogP contribution in [0.25, 0.3) is 0 Å². The average molecular weight is 442 g/mol. The van der Waals surface area contributed by atoms with E-state index in [0.717, 1.165) is 17.9 Å². The van der Waals surface area contributed by atoms with E-state index in [4.69, 9.17) is 4.42 Å². The summed E-state index contributed by atoms with van der Waals surface area (Å²) in [5.41, 5.74) is 1.61. The molecule has 0 aliphatic rings. The van der Waals surface area contributed by atoms with Crippen LogP contribution in [0.1, 0.15) is 28.6 Å². The first kappa shape index (κ1) is 20.0. The summed E-state index contributed by atoms with van der Waals surface area (Å²) < 4.78 is 5.29. The zero-order valence-corrected chi connectivity index (χ0v) is 16.2. The summed E-state index contributed by atoms with van der Waals surface area (Å²) >= 11 is 0. The number of benzene rings is 1. The van der Waals surface area contributed by atoms with E-state index in [0.29, 0.717) is 24.6 Å². The Hall–Kier alpha value is -2.03. The first-order valence-electron chi connectivity index (χ1n) is 7.58. The second kappa shape index (κ2) is 10.7. The SMILES string of the molecule is CCNC(=NCc1cccc(C(=O)NC)c1)NCc1ccco1.I. The van der Waals surface area contributed by atoms with E-state index < -0.39 is 0 Å². The second-order valence-corrected chi connectivity index (χ2v) is 4.91. The Kier molecular flexibility index (Phi) is 8.92. The number of halogens is 1. The summed E-state index contributed by atoms with van der Waals surface area (Å²) in [6, 6.07) is 11.2. The molecular formula is C17H23IN4O2. The van der Waals surface area contributed by atoms with Gasteiger partial charge < -0.3 is 20.4 Å². The lowest BCUT2D eigenvalue weighted by Crippen LogP contribution is -2.36. The maximum Gasteiger partial charge on any atom is 0.251 e. The Balaban J connectivity index is 0.00000288. The standard InChI is InChI=1S/C17H22N4O2.HI/c1-3-19-17(21-12-15-8-5-9-23-15)20-11-13-6-4-7-14(10-13)16(22)18-2;/h4-10H,3,11-12H2,1-2H3,(H,18,22)(H2,19,20,21);1H. The largest absolute Gasteiger partial charge is 0.467 e. The Bertz CT molecular complexity index is 656. The summed E-state index contributed by atoms with van der Waals surface area (Å²) in [6.45, 7) is 3.83. The van der Waals surface area contributed by atoms with Gasteiger partial charge in [-0.15, -0.1) is 24.0 Å². The first-order chi connectivity index (χ1) is 11.2. The van der Waals surface area contributed by atoms with E-state index in [9.17, 15) is 4.79 Å². The van der Waals surface area contributed by atoms with Crippen molar-refractivity contribution in [2.75, 3.05) is 13.6 Å². The molecule has 2 aromatic rings. The van der Waals surface area contributed by atoms with Gasteiger partial charge in [-0.05, 0) is 36.8 Å². The molecule has 0 radical (unpaired) electrons. The van der Waals surface area contributed by atoms with E-state index in [1.165, 1.54) is 0 Å². The molecule has 0 aliphatic carbocycles. The van der Waals surface area contributed by atoms with E-state index in [1.807, 2.05) is 37.3 Å². The molecule has 0 unspecified atom stereocenters.